The van der Waals surface area contributed by atoms with Gasteiger partial charge in [0.15, 0.2) is 4.34 Å². The summed E-state index contributed by atoms with van der Waals surface area (Å²) in [7, 11) is 0. The van der Waals surface area contributed by atoms with Crippen molar-refractivity contribution < 1.29 is 9.59 Å². The number of nitrogens with one attached hydrogen (secondary N) is 2. The van der Waals surface area contributed by atoms with Gasteiger partial charge in [-0.15, -0.1) is 10.2 Å². The highest BCUT2D eigenvalue weighted by Crippen LogP contribution is 2.26. The van der Waals surface area contributed by atoms with Crippen LogP contribution in [-0.2, 0) is 11.2 Å². The molecule has 0 aliphatic rings. The summed E-state index contributed by atoms with van der Waals surface area (Å²) < 4.78 is 0.595. The summed E-state index contributed by atoms with van der Waals surface area (Å²) in [6.45, 7) is 2.08. The summed E-state index contributed by atoms with van der Waals surface area (Å²) >= 11 is 8.36. The summed E-state index contributed by atoms with van der Waals surface area (Å²) in [6, 6.07) is 14.4. The van der Waals surface area contributed by atoms with Gasteiger partial charge in [0.2, 0.25) is 11.0 Å². The van der Waals surface area contributed by atoms with Gasteiger partial charge in [0, 0.05) is 16.3 Å². The normalized spacial score (nSPS) is 10.5. The quantitative estimate of drug-likeness (QED) is 0.416. The minimum atomic E-state index is -0.316. The van der Waals surface area contributed by atoms with Crippen molar-refractivity contribution in [1.82, 2.24) is 10.2 Å². The summed E-state index contributed by atoms with van der Waals surface area (Å²) in [5.41, 5.74) is 2.41. The van der Waals surface area contributed by atoms with E-state index < -0.39 is 0 Å². The number of halogens is 1. The van der Waals surface area contributed by atoms with Crippen LogP contribution in [0.25, 0.3) is 0 Å². The molecular formula is C19H17ClN4O2S2. The molecule has 3 rings (SSSR count). The molecule has 0 atom stereocenters. The summed E-state index contributed by atoms with van der Waals surface area (Å²) in [6.07, 6.45) is 0.956. The Morgan fingerprint density at radius 2 is 1.89 bits per heavy atom. The molecular weight excluding hydrogens is 416 g/mol. The lowest BCUT2D eigenvalue weighted by Gasteiger charge is -2.05. The molecule has 9 heteroatoms. The molecule has 0 spiro atoms. The molecule has 2 amide bonds. The fraction of sp³-hybridized carbons (Fsp3) is 0.158. The van der Waals surface area contributed by atoms with E-state index in [1.165, 1.54) is 28.7 Å². The molecule has 0 saturated carbocycles. The number of aryl methyl sites for hydroxylation is 1. The monoisotopic (exact) mass is 432 g/mol. The van der Waals surface area contributed by atoms with Crippen LogP contribution in [0, 0.1) is 0 Å². The molecule has 144 valence electrons. The molecule has 0 aliphatic heterocycles. The fourth-order valence-corrected chi connectivity index (χ4v) is 4.00. The van der Waals surface area contributed by atoms with Crippen molar-refractivity contribution in [2.24, 2.45) is 0 Å². The topological polar surface area (TPSA) is 84.0 Å². The van der Waals surface area contributed by atoms with E-state index in [1.54, 1.807) is 24.3 Å². The standard InChI is InChI=1S/C19H17ClN4O2S2/c1-2-12-6-8-15(9-7-12)21-16(25)11-27-19-24-23-18(28-19)22-17(26)13-4-3-5-14(20)10-13/h3-10H,2,11H2,1H3,(H,21,25)(H,22,23,26). The molecule has 0 aliphatic carbocycles. The van der Waals surface area contributed by atoms with Gasteiger partial charge in [-0.1, -0.05) is 59.8 Å². The van der Waals surface area contributed by atoms with Gasteiger partial charge in [-0.3, -0.25) is 14.9 Å². The van der Waals surface area contributed by atoms with Crippen molar-refractivity contribution in [2.45, 2.75) is 17.7 Å². The van der Waals surface area contributed by atoms with Crippen LogP contribution in [0.4, 0.5) is 10.8 Å². The molecule has 0 fully saturated rings. The van der Waals surface area contributed by atoms with Crippen molar-refractivity contribution in [2.75, 3.05) is 16.4 Å². The highest BCUT2D eigenvalue weighted by Gasteiger charge is 2.12. The Balaban J connectivity index is 1.50. The van der Waals surface area contributed by atoms with E-state index in [0.29, 0.717) is 20.1 Å². The maximum atomic E-state index is 12.2. The van der Waals surface area contributed by atoms with Gasteiger partial charge >= 0.3 is 0 Å². The zero-order valence-corrected chi connectivity index (χ0v) is 17.3. The summed E-state index contributed by atoms with van der Waals surface area (Å²) in [5.74, 6) is -0.246. The number of carbonyl (C=O) groups excluding carboxylic acids is 2. The third-order valence-corrected chi connectivity index (χ3v) is 5.89. The Morgan fingerprint density at radius 1 is 1.11 bits per heavy atom. The van der Waals surface area contributed by atoms with E-state index >= 15 is 0 Å². The lowest BCUT2D eigenvalue weighted by molar-refractivity contribution is -0.113. The van der Waals surface area contributed by atoms with Gasteiger partial charge in [0.05, 0.1) is 5.75 Å². The number of aromatic nitrogens is 2. The number of hydrogen-bond acceptors (Lipinski definition) is 6. The van der Waals surface area contributed by atoms with Gasteiger partial charge in [-0.05, 0) is 42.3 Å². The Hall–Kier alpha value is -2.42. The third kappa shape index (κ3) is 5.79. The highest BCUT2D eigenvalue weighted by molar-refractivity contribution is 8.01. The van der Waals surface area contributed by atoms with Gasteiger partial charge < -0.3 is 5.32 Å². The first-order valence-electron chi connectivity index (χ1n) is 8.45. The number of thioether (sulfide) groups is 1. The predicted octanol–water partition coefficient (Wildman–Crippen LogP) is 4.74. The minimum absolute atomic E-state index is 0.131. The Bertz CT molecular complexity index is 976. The van der Waals surface area contributed by atoms with E-state index in [2.05, 4.69) is 27.8 Å². The number of amides is 2. The minimum Gasteiger partial charge on any atom is -0.325 e. The van der Waals surface area contributed by atoms with E-state index in [1.807, 2.05) is 24.3 Å². The van der Waals surface area contributed by atoms with Gasteiger partial charge in [-0.25, -0.2) is 0 Å². The average molecular weight is 433 g/mol. The molecule has 0 bridgehead atoms. The van der Waals surface area contributed by atoms with Crippen molar-refractivity contribution >= 4 is 57.3 Å². The van der Waals surface area contributed by atoms with Crippen LogP contribution in [0.2, 0.25) is 5.02 Å². The first-order chi connectivity index (χ1) is 13.5. The maximum absolute atomic E-state index is 12.2. The molecule has 2 aromatic carbocycles. The molecule has 0 unspecified atom stereocenters. The smallest absolute Gasteiger partial charge is 0.257 e. The van der Waals surface area contributed by atoms with Crippen LogP contribution in [0.1, 0.15) is 22.8 Å². The second-order valence-electron chi connectivity index (χ2n) is 5.72. The first kappa shape index (κ1) is 20.3. The summed E-state index contributed by atoms with van der Waals surface area (Å²) in [4.78, 5) is 24.3. The van der Waals surface area contributed by atoms with Crippen molar-refractivity contribution in [3.63, 3.8) is 0 Å². The fourth-order valence-electron chi connectivity index (χ4n) is 2.27. The van der Waals surface area contributed by atoms with E-state index in [4.69, 9.17) is 11.6 Å². The van der Waals surface area contributed by atoms with E-state index in [-0.39, 0.29) is 17.6 Å². The highest BCUT2D eigenvalue weighted by atomic mass is 35.5. The Kier molecular flexibility index (Phi) is 7.02. The third-order valence-electron chi connectivity index (χ3n) is 3.69. The molecule has 0 saturated heterocycles. The van der Waals surface area contributed by atoms with Gasteiger partial charge in [-0.2, -0.15) is 0 Å². The lowest BCUT2D eigenvalue weighted by atomic mass is 10.1. The van der Waals surface area contributed by atoms with E-state index in [0.717, 1.165) is 12.1 Å². The second kappa shape index (κ2) is 9.68. The number of rotatable bonds is 7. The summed E-state index contributed by atoms with van der Waals surface area (Å²) in [5, 5.41) is 14.3. The van der Waals surface area contributed by atoms with Crippen LogP contribution < -0.4 is 10.6 Å². The van der Waals surface area contributed by atoms with Gasteiger partial charge in [0.25, 0.3) is 5.91 Å². The predicted molar refractivity (Wildman–Crippen MR) is 114 cm³/mol. The average Bonchev–Trinajstić information content (AvgIpc) is 3.14. The van der Waals surface area contributed by atoms with Gasteiger partial charge in [0.1, 0.15) is 0 Å². The first-order valence-corrected chi connectivity index (χ1v) is 10.6. The second-order valence-corrected chi connectivity index (χ2v) is 8.36. The Morgan fingerprint density at radius 3 is 2.61 bits per heavy atom. The maximum Gasteiger partial charge on any atom is 0.257 e. The van der Waals surface area contributed by atoms with Crippen molar-refractivity contribution in [3.8, 4) is 0 Å². The number of anilines is 2. The van der Waals surface area contributed by atoms with Crippen molar-refractivity contribution in [3.05, 3.63) is 64.7 Å². The molecule has 2 N–H and O–H groups in total. The molecule has 3 aromatic rings. The van der Waals surface area contributed by atoms with Crippen LogP contribution in [0.5, 0.6) is 0 Å². The molecule has 1 aromatic heterocycles. The SMILES string of the molecule is CCc1ccc(NC(=O)CSc2nnc(NC(=O)c3cccc(Cl)c3)s2)cc1. The van der Waals surface area contributed by atoms with Crippen LogP contribution in [0.15, 0.2) is 52.9 Å². The zero-order chi connectivity index (χ0) is 19.9. The molecule has 6 nitrogen and oxygen atoms in total. The number of hydrogen-bond donors (Lipinski definition) is 2. The van der Waals surface area contributed by atoms with Crippen LogP contribution in [-0.4, -0.2) is 27.8 Å². The lowest BCUT2D eigenvalue weighted by Crippen LogP contribution is -2.13. The zero-order valence-electron chi connectivity index (χ0n) is 14.9. The Labute approximate surface area is 175 Å². The largest absolute Gasteiger partial charge is 0.325 e. The number of carbonyl (C=O) groups is 2. The van der Waals surface area contributed by atoms with Crippen LogP contribution >= 0.6 is 34.7 Å². The number of nitrogens with zero attached hydrogens (tertiary/aromatic N) is 2. The van der Waals surface area contributed by atoms with Crippen LogP contribution in [0.3, 0.4) is 0 Å². The molecule has 28 heavy (non-hydrogen) atoms. The van der Waals surface area contributed by atoms with Crippen molar-refractivity contribution in [1.29, 1.82) is 0 Å². The molecule has 0 radical (unpaired) electrons. The number of benzene rings is 2. The van der Waals surface area contributed by atoms with E-state index in [9.17, 15) is 9.59 Å². The molecule has 1 heterocycles.